The summed E-state index contributed by atoms with van der Waals surface area (Å²) >= 11 is 6.08. The molecule has 1 aliphatic heterocycles. The number of hydrogen-bond donors (Lipinski definition) is 2. The fourth-order valence-electron chi connectivity index (χ4n) is 3.94. The van der Waals surface area contributed by atoms with Crippen LogP contribution in [0.3, 0.4) is 0 Å². The molecule has 0 unspecified atom stereocenters. The van der Waals surface area contributed by atoms with Crippen LogP contribution in [0.25, 0.3) is 10.9 Å². The first-order valence-corrected chi connectivity index (χ1v) is 11.3. The highest BCUT2D eigenvalue weighted by atomic mass is 35.5. The second-order valence-corrected chi connectivity index (χ2v) is 8.59. The Hall–Kier alpha value is -3.91. The van der Waals surface area contributed by atoms with Crippen molar-refractivity contribution in [2.24, 2.45) is 0 Å². The van der Waals surface area contributed by atoms with Gasteiger partial charge in [-0.15, -0.1) is 0 Å². The molecule has 172 valence electrons. The lowest BCUT2D eigenvalue weighted by atomic mass is 10.0. The molecule has 0 bridgehead atoms. The van der Waals surface area contributed by atoms with Gasteiger partial charge in [-0.25, -0.2) is 4.79 Å². The Morgan fingerprint density at radius 1 is 1.09 bits per heavy atom. The molecule has 0 radical (unpaired) electrons. The van der Waals surface area contributed by atoms with Crippen LogP contribution >= 0.6 is 11.6 Å². The van der Waals surface area contributed by atoms with E-state index in [1.54, 1.807) is 23.4 Å². The van der Waals surface area contributed by atoms with Gasteiger partial charge in [-0.05, 0) is 47.4 Å². The Kier molecular flexibility index (Phi) is 6.14. The molecule has 1 saturated heterocycles. The Morgan fingerprint density at radius 3 is 2.71 bits per heavy atom. The van der Waals surface area contributed by atoms with Gasteiger partial charge in [0.05, 0.1) is 29.9 Å². The van der Waals surface area contributed by atoms with Crippen molar-refractivity contribution in [2.45, 2.75) is 19.5 Å². The number of pyridine rings is 1. The lowest BCUT2D eigenvalue weighted by Gasteiger charge is -2.13. The van der Waals surface area contributed by atoms with Crippen molar-refractivity contribution >= 4 is 34.5 Å². The predicted octanol–water partition coefficient (Wildman–Crippen LogP) is 4.08. The molecule has 2 amide bonds. The molecule has 8 nitrogen and oxygen atoms in total. The fourth-order valence-corrected chi connectivity index (χ4v) is 4.11. The molecule has 0 spiro atoms. The number of aromatic nitrogens is 3. The summed E-state index contributed by atoms with van der Waals surface area (Å²) in [7, 11) is 0. The lowest BCUT2D eigenvalue weighted by Crippen LogP contribution is -2.23. The molecule has 0 aliphatic carbocycles. The minimum Gasteiger partial charge on any atom is -0.448 e. The van der Waals surface area contributed by atoms with E-state index in [0.29, 0.717) is 36.7 Å². The van der Waals surface area contributed by atoms with Crippen molar-refractivity contribution in [2.75, 3.05) is 13.2 Å². The summed E-state index contributed by atoms with van der Waals surface area (Å²) in [6.45, 7) is 1.87. The van der Waals surface area contributed by atoms with Crippen molar-refractivity contribution in [3.05, 3.63) is 93.9 Å². The van der Waals surface area contributed by atoms with E-state index in [-0.39, 0.29) is 18.5 Å². The number of nitrogens with zero attached hydrogens (tertiary/aromatic N) is 3. The van der Waals surface area contributed by atoms with Crippen LogP contribution in [0, 0.1) is 0 Å². The van der Waals surface area contributed by atoms with Crippen LogP contribution in [0.15, 0.2) is 60.9 Å². The van der Waals surface area contributed by atoms with Crippen LogP contribution in [-0.2, 0) is 24.2 Å². The van der Waals surface area contributed by atoms with E-state index in [2.05, 4.69) is 20.5 Å². The highest BCUT2D eigenvalue weighted by molar-refractivity contribution is 6.31. The third-order valence-corrected chi connectivity index (χ3v) is 5.96. The van der Waals surface area contributed by atoms with Gasteiger partial charge in [0.2, 0.25) is 0 Å². The van der Waals surface area contributed by atoms with Crippen molar-refractivity contribution in [3.63, 3.8) is 0 Å². The van der Waals surface area contributed by atoms with E-state index >= 15 is 0 Å². The highest BCUT2D eigenvalue weighted by Gasteiger charge is 2.21. The van der Waals surface area contributed by atoms with E-state index in [1.165, 1.54) is 0 Å². The molecule has 1 fully saturated rings. The molecule has 3 heterocycles. The topological polar surface area (TPSA) is 100 Å². The molecule has 2 aromatic carbocycles. The molecule has 9 heteroatoms. The van der Waals surface area contributed by atoms with E-state index in [4.69, 9.17) is 16.3 Å². The van der Waals surface area contributed by atoms with Crippen molar-refractivity contribution in [1.29, 1.82) is 0 Å². The maximum Gasteiger partial charge on any atom is 0.410 e. The summed E-state index contributed by atoms with van der Waals surface area (Å²) in [6, 6.07) is 15.4. The van der Waals surface area contributed by atoms with E-state index < -0.39 is 0 Å². The summed E-state index contributed by atoms with van der Waals surface area (Å²) < 4.78 is 4.97. The monoisotopic (exact) mass is 475 g/mol. The summed E-state index contributed by atoms with van der Waals surface area (Å²) in [6.07, 6.45) is 3.68. The smallest absolute Gasteiger partial charge is 0.410 e. The van der Waals surface area contributed by atoms with E-state index in [9.17, 15) is 9.59 Å². The first-order valence-electron chi connectivity index (χ1n) is 10.9. The zero-order valence-electron chi connectivity index (χ0n) is 18.3. The lowest BCUT2D eigenvalue weighted by molar-refractivity contribution is 0.0950. The van der Waals surface area contributed by atoms with Crippen LogP contribution in [0.4, 0.5) is 4.79 Å². The normalized spacial score (nSPS) is 13.3. The number of rotatable bonds is 7. The van der Waals surface area contributed by atoms with Crippen molar-refractivity contribution in [3.8, 4) is 0 Å². The van der Waals surface area contributed by atoms with Gasteiger partial charge in [0.1, 0.15) is 6.61 Å². The number of benzene rings is 2. The first-order chi connectivity index (χ1) is 16.5. The van der Waals surface area contributed by atoms with E-state index in [1.807, 2.05) is 42.5 Å². The summed E-state index contributed by atoms with van der Waals surface area (Å²) in [5.41, 5.74) is 5.13. The molecule has 4 aromatic rings. The van der Waals surface area contributed by atoms with Gasteiger partial charge in [-0.3, -0.25) is 14.9 Å². The summed E-state index contributed by atoms with van der Waals surface area (Å²) in [5.74, 6) is -0.222. The molecule has 5 rings (SSSR count). The van der Waals surface area contributed by atoms with Gasteiger partial charge in [0.15, 0.2) is 0 Å². The standard InChI is InChI=1S/C25H22ClN5O3/c26-20-5-6-22-21(11-20)23(30-29-22)14-28-24(32)19-10-18(12-27-13-19)9-16-1-3-17(4-2-16)15-31-7-8-34-25(31)33/h1-6,10-13H,7-9,14-15H2,(H,28,32)(H,29,30). The third-order valence-electron chi connectivity index (χ3n) is 5.73. The fraction of sp³-hybridized carbons (Fsp3) is 0.200. The first kappa shape index (κ1) is 21.9. The van der Waals surface area contributed by atoms with Gasteiger partial charge in [-0.1, -0.05) is 35.9 Å². The minimum atomic E-state index is -0.269. The minimum absolute atomic E-state index is 0.222. The quantitative estimate of drug-likeness (QED) is 0.419. The molecule has 1 aliphatic rings. The number of nitrogens with one attached hydrogen (secondary N) is 2. The molecular formula is C25H22ClN5O3. The number of ether oxygens (including phenoxy) is 1. The Morgan fingerprint density at radius 2 is 1.91 bits per heavy atom. The Bertz CT molecular complexity index is 1350. The molecule has 0 saturated carbocycles. The SMILES string of the molecule is O=C(NCc1n[nH]c2ccc(Cl)cc12)c1cncc(Cc2ccc(CN3CCOC3=O)cc2)c1. The Balaban J connectivity index is 1.21. The number of H-pyrrole nitrogens is 1. The summed E-state index contributed by atoms with van der Waals surface area (Å²) in [4.78, 5) is 30.3. The zero-order chi connectivity index (χ0) is 23.5. The number of aromatic amines is 1. The third kappa shape index (κ3) is 4.87. The number of halogens is 1. The van der Waals surface area contributed by atoms with Crippen molar-refractivity contribution in [1.82, 2.24) is 25.4 Å². The average molecular weight is 476 g/mol. The molecule has 2 N–H and O–H groups in total. The molecule has 0 atom stereocenters. The average Bonchev–Trinajstić information content (AvgIpc) is 3.44. The highest BCUT2D eigenvalue weighted by Crippen LogP contribution is 2.21. The van der Waals surface area contributed by atoms with Crippen LogP contribution in [0.2, 0.25) is 5.02 Å². The summed E-state index contributed by atoms with van der Waals surface area (Å²) in [5, 5.41) is 11.6. The molecule has 2 aromatic heterocycles. The zero-order valence-corrected chi connectivity index (χ0v) is 19.0. The van der Waals surface area contributed by atoms with Gasteiger partial charge >= 0.3 is 6.09 Å². The number of amides is 2. The van der Waals surface area contributed by atoms with Crippen LogP contribution in [0.5, 0.6) is 0 Å². The predicted molar refractivity (Wildman–Crippen MR) is 128 cm³/mol. The van der Waals surface area contributed by atoms with Crippen LogP contribution in [-0.4, -0.2) is 45.2 Å². The van der Waals surface area contributed by atoms with Gasteiger partial charge in [0.25, 0.3) is 5.91 Å². The second kappa shape index (κ2) is 9.52. The largest absolute Gasteiger partial charge is 0.448 e. The van der Waals surface area contributed by atoms with E-state index in [0.717, 1.165) is 33.3 Å². The van der Waals surface area contributed by atoms with Crippen LogP contribution in [0.1, 0.15) is 32.7 Å². The van der Waals surface area contributed by atoms with Gasteiger partial charge < -0.3 is 15.0 Å². The maximum absolute atomic E-state index is 12.7. The Labute approximate surface area is 200 Å². The van der Waals surface area contributed by atoms with Crippen LogP contribution < -0.4 is 5.32 Å². The van der Waals surface area contributed by atoms with Gasteiger partial charge in [0, 0.05) is 29.3 Å². The number of hydrogen-bond acceptors (Lipinski definition) is 5. The number of carbonyl (C=O) groups is 2. The van der Waals surface area contributed by atoms with Gasteiger partial charge in [-0.2, -0.15) is 5.10 Å². The molecular weight excluding hydrogens is 454 g/mol. The second-order valence-electron chi connectivity index (χ2n) is 8.15. The maximum atomic E-state index is 12.7. The number of fused-ring (bicyclic) bond motifs is 1. The molecule has 34 heavy (non-hydrogen) atoms. The number of cyclic esters (lactones) is 1. The van der Waals surface area contributed by atoms with Crippen molar-refractivity contribution < 1.29 is 14.3 Å². The number of carbonyl (C=O) groups excluding carboxylic acids is 2.